The first-order valence-corrected chi connectivity index (χ1v) is 8.46. The Balaban J connectivity index is 0.000000245. The Morgan fingerprint density at radius 3 is 1.71 bits per heavy atom. The molecule has 0 saturated carbocycles. The average Bonchev–Trinajstić information content (AvgIpc) is 2.65. The third-order valence-corrected chi connectivity index (χ3v) is 3.66. The molecule has 1 N–H and O–H groups in total. The zero-order valence-electron chi connectivity index (χ0n) is 15.4. The van der Waals surface area contributed by atoms with E-state index in [0.29, 0.717) is 24.3 Å². The van der Waals surface area contributed by atoms with Crippen molar-refractivity contribution in [1.82, 2.24) is 0 Å². The van der Waals surface area contributed by atoms with Gasteiger partial charge in [-0.2, -0.15) is 26.3 Å². The van der Waals surface area contributed by atoms with Crippen molar-refractivity contribution < 1.29 is 45.0 Å². The Morgan fingerprint density at radius 2 is 1.19 bits per heavy atom. The lowest BCUT2D eigenvalue weighted by Crippen LogP contribution is -2.06. The lowest BCUT2D eigenvalue weighted by molar-refractivity contribution is -0.138. The summed E-state index contributed by atoms with van der Waals surface area (Å²) < 4.78 is 104. The van der Waals surface area contributed by atoms with Gasteiger partial charge in [-0.25, -0.2) is 8.78 Å². The fourth-order valence-corrected chi connectivity index (χ4v) is 2.29. The summed E-state index contributed by atoms with van der Waals surface area (Å²) in [7, 11) is 0. The third kappa shape index (κ3) is 7.80. The predicted octanol–water partition coefficient (Wildman–Crippen LogP) is 6.97. The molecule has 2 nitrogen and oxygen atoms in total. The van der Waals surface area contributed by atoms with E-state index in [4.69, 9.17) is 9.84 Å². The molecule has 0 aromatic heterocycles. The molecule has 0 bridgehead atoms. The second kappa shape index (κ2) is 9.67. The molecule has 0 fully saturated rings. The fraction of sp³-hybridized carbons (Fsp3) is 0.143. The lowest BCUT2D eigenvalue weighted by atomic mass is 10.2. The molecule has 0 unspecified atom stereocenters. The Morgan fingerprint density at radius 1 is 0.677 bits per heavy atom. The summed E-state index contributed by atoms with van der Waals surface area (Å²) in [6, 6.07) is 12.5. The van der Waals surface area contributed by atoms with Crippen molar-refractivity contribution in [2.45, 2.75) is 19.0 Å². The second-order valence-electron chi connectivity index (χ2n) is 6.14. The Bertz CT molecular complexity index is 978. The van der Waals surface area contributed by atoms with Crippen molar-refractivity contribution in [2.24, 2.45) is 0 Å². The Kier molecular flexibility index (Phi) is 7.48. The van der Waals surface area contributed by atoms with Gasteiger partial charge in [-0.3, -0.25) is 0 Å². The highest BCUT2D eigenvalue weighted by molar-refractivity contribution is 5.32. The summed E-state index contributed by atoms with van der Waals surface area (Å²) in [5, 5.41) is 8.62. The molecular weight excluding hydrogens is 436 g/mol. The monoisotopic (exact) mass is 450 g/mol. The number of hydrogen-bond donors (Lipinski definition) is 1. The summed E-state index contributed by atoms with van der Waals surface area (Å²) in [5.41, 5.74) is -1.46. The lowest BCUT2D eigenvalue weighted by Gasteiger charge is -2.10. The third-order valence-electron chi connectivity index (χ3n) is 3.66. The molecule has 0 heterocycles. The van der Waals surface area contributed by atoms with Gasteiger partial charge >= 0.3 is 12.4 Å². The predicted molar refractivity (Wildman–Crippen MR) is 95.2 cm³/mol. The second-order valence-corrected chi connectivity index (χ2v) is 6.14. The van der Waals surface area contributed by atoms with E-state index in [2.05, 4.69) is 0 Å². The number of benzene rings is 3. The summed E-state index contributed by atoms with van der Waals surface area (Å²) in [5.74, 6) is -2.96. The Hall–Kier alpha value is -3.30. The van der Waals surface area contributed by atoms with Gasteiger partial charge in [-0.05, 0) is 29.8 Å². The van der Waals surface area contributed by atoms with Crippen molar-refractivity contribution in [2.75, 3.05) is 0 Å². The van der Waals surface area contributed by atoms with Gasteiger partial charge in [0, 0.05) is 12.1 Å². The number of phenolic OH excluding ortho intramolecular Hbond substituents is 1. The van der Waals surface area contributed by atoms with Crippen molar-refractivity contribution in [3.63, 3.8) is 0 Å². The van der Waals surface area contributed by atoms with E-state index < -0.39 is 40.9 Å². The van der Waals surface area contributed by atoms with Crippen LogP contribution in [0.5, 0.6) is 11.5 Å². The van der Waals surface area contributed by atoms with Gasteiger partial charge in [-0.1, -0.05) is 30.3 Å². The van der Waals surface area contributed by atoms with Gasteiger partial charge in [0.1, 0.15) is 29.7 Å². The van der Waals surface area contributed by atoms with Crippen molar-refractivity contribution in [1.29, 1.82) is 0 Å². The highest BCUT2D eigenvalue weighted by Gasteiger charge is 2.32. The number of hydrogen-bond acceptors (Lipinski definition) is 2. The number of phenols is 1. The van der Waals surface area contributed by atoms with Crippen LogP contribution >= 0.6 is 0 Å². The first-order valence-electron chi connectivity index (χ1n) is 8.46. The van der Waals surface area contributed by atoms with E-state index in [0.717, 1.165) is 17.7 Å². The zero-order valence-corrected chi connectivity index (χ0v) is 15.4. The highest BCUT2D eigenvalue weighted by Crippen LogP contribution is 2.33. The smallest absolute Gasteiger partial charge is 0.416 e. The summed E-state index contributed by atoms with van der Waals surface area (Å²) >= 11 is 0. The largest absolute Gasteiger partial charge is 0.508 e. The van der Waals surface area contributed by atoms with Gasteiger partial charge in [0.05, 0.1) is 11.1 Å². The zero-order chi connectivity index (χ0) is 23.2. The van der Waals surface area contributed by atoms with Crippen LogP contribution in [-0.2, 0) is 19.0 Å². The first kappa shape index (κ1) is 24.0. The van der Waals surface area contributed by atoms with Gasteiger partial charge in [0.15, 0.2) is 0 Å². The number of halogens is 8. The van der Waals surface area contributed by atoms with Crippen LogP contribution < -0.4 is 4.74 Å². The van der Waals surface area contributed by atoms with Crippen LogP contribution in [0, 0.1) is 11.6 Å². The summed E-state index contributed by atoms with van der Waals surface area (Å²) in [6.45, 7) is 0.0849. The maximum Gasteiger partial charge on any atom is 0.416 e. The van der Waals surface area contributed by atoms with E-state index in [1.54, 1.807) is 24.3 Å². The molecule has 0 aliphatic rings. The molecule has 0 atom stereocenters. The van der Waals surface area contributed by atoms with Crippen LogP contribution in [0.25, 0.3) is 0 Å². The highest BCUT2D eigenvalue weighted by atomic mass is 19.4. The first-order chi connectivity index (χ1) is 14.3. The molecule has 0 aliphatic heterocycles. The fourth-order valence-electron chi connectivity index (χ4n) is 2.29. The van der Waals surface area contributed by atoms with Crippen LogP contribution in [0.3, 0.4) is 0 Å². The normalized spacial score (nSPS) is 11.5. The average molecular weight is 450 g/mol. The minimum Gasteiger partial charge on any atom is -0.508 e. The van der Waals surface area contributed by atoms with Gasteiger partial charge in [0.25, 0.3) is 0 Å². The van der Waals surface area contributed by atoms with Gasteiger partial charge < -0.3 is 9.84 Å². The Labute approximate surface area is 171 Å². The molecule has 10 heteroatoms. The molecule has 0 aliphatic carbocycles. The van der Waals surface area contributed by atoms with Crippen LogP contribution in [0.1, 0.15) is 16.7 Å². The van der Waals surface area contributed by atoms with Crippen LogP contribution in [0.2, 0.25) is 0 Å². The molecule has 166 valence electrons. The van der Waals surface area contributed by atoms with E-state index >= 15 is 0 Å². The quantitative estimate of drug-likeness (QED) is 0.437. The molecule has 3 rings (SSSR count). The van der Waals surface area contributed by atoms with Crippen LogP contribution in [0.15, 0.2) is 66.7 Å². The SMILES string of the molecule is Fc1cc(OCc2ccccc2)cc(C(F)(F)F)c1.Oc1cc(F)cc(C(F)(F)F)c1. The summed E-state index contributed by atoms with van der Waals surface area (Å²) in [6.07, 6.45) is -9.22. The van der Waals surface area contributed by atoms with Crippen LogP contribution in [-0.4, -0.2) is 5.11 Å². The van der Waals surface area contributed by atoms with E-state index in [9.17, 15) is 35.1 Å². The molecule has 0 amide bonds. The van der Waals surface area contributed by atoms with Crippen molar-refractivity contribution in [3.8, 4) is 11.5 Å². The molecule has 31 heavy (non-hydrogen) atoms. The number of rotatable bonds is 3. The van der Waals surface area contributed by atoms with E-state index in [1.807, 2.05) is 6.07 Å². The standard InChI is InChI=1S/C14H10F4O.C7H4F4O/c15-12-6-11(14(16,17)18)7-13(8-12)19-9-10-4-2-1-3-5-10;8-5-1-4(7(9,10)11)2-6(12)3-5/h1-8H,9H2;1-3,12H. The molecule has 3 aromatic carbocycles. The van der Waals surface area contributed by atoms with Crippen molar-refractivity contribution in [3.05, 3.63) is 95.1 Å². The van der Waals surface area contributed by atoms with Gasteiger partial charge in [0.2, 0.25) is 0 Å². The van der Waals surface area contributed by atoms with Crippen LogP contribution in [0.4, 0.5) is 35.1 Å². The molecule has 3 aromatic rings. The number of alkyl halides is 6. The van der Waals surface area contributed by atoms with E-state index in [-0.39, 0.29) is 12.4 Å². The maximum atomic E-state index is 13.1. The number of aromatic hydroxyl groups is 1. The minimum absolute atomic E-state index is 0.0849. The van der Waals surface area contributed by atoms with Crippen molar-refractivity contribution >= 4 is 0 Å². The molecule has 0 spiro atoms. The molecule has 0 radical (unpaired) electrons. The number of ether oxygens (including phenoxy) is 1. The molecular formula is C21H14F8O2. The van der Waals surface area contributed by atoms with E-state index in [1.165, 1.54) is 0 Å². The molecule has 0 saturated heterocycles. The minimum atomic E-state index is -4.63. The maximum absolute atomic E-state index is 13.1. The topological polar surface area (TPSA) is 29.5 Å². The van der Waals surface area contributed by atoms with Gasteiger partial charge in [-0.15, -0.1) is 0 Å². The summed E-state index contributed by atoms with van der Waals surface area (Å²) in [4.78, 5) is 0.